The van der Waals surface area contributed by atoms with Gasteiger partial charge in [0, 0.05) is 45.0 Å². The van der Waals surface area contributed by atoms with Gasteiger partial charge < -0.3 is 19.3 Å². The summed E-state index contributed by atoms with van der Waals surface area (Å²) in [5.74, 6) is 1.26. The first-order valence-corrected chi connectivity index (χ1v) is 7.93. The largest absolute Gasteiger partial charge is 0.475 e. The Kier molecular flexibility index (Phi) is 3.99. The Labute approximate surface area is 142 Å². The van der Waals surface area contributed by atoms with Gasteiger partial charge in [-0.1, -0.05) is 0 Å². The van der Waals surface area contributed by atoms with Crippen molar-refractivity contribution in [1.29, 1.82) is 0 Å². The molecule has 0 radical (unpaired) electrons. The van der Waals surface area contributed by atoms with Crippen molar-refractivity contribution in [2.75, 3.05) is 39.2 Å². The predicted octanol–water partition coefficient (Wildman–Crippen LogP) is 2.79. The van der Waals surface area contributed by atoms with E-state index in [-0.39, 0.29) is 11.6 Å². The molecule has 0 bridgehead atoms. The van der Waals surface area contributed by atoms with Gasteiger partial charge in [-0.25, -0.2) is 9.79 Å². The third-order valence-corrected chi connectivity index (χ3v) is 3.96. The molecule has 6 heteroatoms. The number of carbonyl (C=O) groups is 1. The van der Waals surface area contributed by atoms with Gasteiger partial charge in [0.05, 0.1) is 5.54 Å². The van der Waals surface area contributed by atoms with E-state index in [9.17, 15) is 4.79 Å². The van der Waals surface area contributed by atoms with Crippen molar-refractivity contribution >= 4 is 23.8 Å². The zero-order valence-electron chi connectivity index (χ0n) is 14.8. The second-order valence-corrected chi connectivity index (χ2v) is 7.03. The summed E-state index contributed by atoms with van der Waals surface area (Å²) >= 11 is 0. The number of anilines is 1. The molecule has 6 nitrogen and oxygen atoms in total. The Morgan fingerprint density at radius 2 is 2.12 bits per heavy atom. The molecule has 0 aliphatic carbocycles. The Balaban J connectivity index is 1.88. The number of amides is 1. The summed E-state index contributed by atoms with van der Waals surface area (Å²) < 4.78 is 11.1. The number of carbonyl (C=O) groups excluding carboxylic acids is 1. The van der Waals surface area contributed by atoms with E-state index in [1.807, 2.05) is 19.2 Å². The standard InChI is InChI=1S/C18H23N3O3/c1-18(2)11-23-16(19-18)13-8-12-6-7-14(24-17(22)20(3)4)9-15(12)21(5)10-13/h6-9H,10-11H2,1-5H3. The third-order valence-electron chi connectivity index (χ3n) is 3.96. The van der Waals surface area contributed by atoms with Gasteiger partial charge in [0.15, 0.2) is 0 Å². The summed E-state index contributed by atoms with van der Waals surface area (Å²) in [7, 11) is 5.32. The van der Waals surface area contributed by atoms with E-state index in [1.54, 1.807) is 20.2 Å². The Hall–Kier alpha value is -2.50. The number of likely N-dealkylation sites (N-methyl/N-ethyl adjacent to an activating group) is 1. The molecule has 0 saturated carbocycles. The molecule has 2 heterocycles. The average molecular weight is 329 g/mol. The fourth-order valence-electron chi connectivity index (χ4n) is 2.68. The van der Waals surface area contributed by atoms with Crippen LogP contribution >= 0.6 is 0 Å². The molecular formula is C18H23N3O3. The summed E-state index contributed by atoms with van der Waals surface area (Å²) in [6, 6.07) is 5.63. The molecule has 0 saturated heterocycles. The quantitative estimate of drug-likeness (QED) is 0.837. The van der Waals surface area contributed by atoms with Crippen molar-refractivity contribution in [3.05, 3.63) is 29.3 Å². The number of hydrogen-bond donors (Lipinski definition) is 0. The average Bonchev–Trinajstić information content (AvgIpc) is 2.87. The maximum absolute atomic E-state index is 11.7. The molecule has 0 fully saturated rings. The van der Waals surface area contributed by atoms with E-state index in [1.165, 1.54) is 4.90 Å². The number of fused-ring (bicyclic) bond motifs is 1. The molecule has 24 heavy (non-hydrogen) atoms. The second kappa shape index (κ2) is 5.85. The lowest BCUT2D eigenvalue weighted by Crippen LogP contribution is -2.28. The minimum atomic E-state index is -0.388. The van der Waals surface area contributed by atoms with Crippen molar-refractivity contribution in [1.82, 2.24) is 4.90 Å². The van der Waals surface area contributed by atoms with Gasteiger partial charge in [0.2, 0.25) is 5.90 Å². The topological polar surface area (TPSA) is 54.4 Å². The zero-order valence-corrected chi connectivity index (χ0v) is 14.8. The van der Waals surface area contributed by atoms with Gasteiger partial charge >= 0.3 is 6.09 Å². The Bertz CT molecular complexity index is 735. The minimum Gasteiger partial charge on any atom is -0.475 e. The van der Waals surface area contributed by atoms with Gasteiger partial charge in [-0.3, -0.25) is 0 Å². The lowest BCUT2D eigenvalue weighted by molar-refractivity contribution is 0.172. The summed E-state index contributed by atoms with van der Waals surface area (Å²) in [5, 5.41) is 0. The molecule has 1 aromatic carbocycles. The van der Waals surface area contributed by atoms with Gasteiger partial charge in [0.25, 0.3) is 0 Å². The summed E-state index contributed by atoms with van der Waals surface area (Å²) in [6.07, 6.45) is 1.70. The van der Waals surface area contributed by atoms with Crippen molar-refractivity contribution in [2.45, 2.75) is 19.4 Å². The van der Waals surface area contributed by atoms with Gasteiger partial charge in [-0.05, 0) is 37.6 Å². The number of hydrogen-bond acceptors (Lipinski definition) is 5. The molecule has 1 aromatic rings. The van der Waals surface area contributed by atoms with Crippen LogP contribution in [0.3, 0.4) is 0 Å². The van der Waals surface area contributed by atoms with E-state index in [0.717, 1.165) is 22.7 Å². The normalized spacial score (nSPS) is 18.3. The fraction of sp³-hybridized carbons (Fsp3) is 0.444. The molecule has 0 N–H and O–H groups in total. The molecule has 0 atom stereocenters. The maximum atomic E-state index is 11.7. The van der Waals surface area contributed by atoms with Crippen LogP contribution in [0, 0.1) is 0 Å². The van der Waals surface area contributed by atoms with Crippen LogP contribution in [0.1, 0.15) is 19.4 Å². The van der Waals surface area contributed by atoms with Crippen molar-refractivity contribution in [3.63, 3.8) is 0 Å². The molecule has 2 aliphatic rings. The SMILES string of the molecule is CN(C)C(=O)Oc1ccc2c(c1)N(C)CC(C1=NC(C)(C)CO1)=C2. The molecular weight excluding hydrogens is 306 g/mol. The van der Waals surface area contributed by atoms with Crippen LogP contribution in [0.25, 0.3) is 6.08 Å². The highest BCUT2D eigenvalue weighted by molar-refractivity contribution is 6.02. The number of ether oxygens (including phenoxy) is 2. The van der Waals surface area contributed by atoms with Gasteiger partial charge in [0.1, 0.15) is 12.4 Å². The van der Waals surface area contributed by atoms with Crippen LogP contribution < -0.4 is 9.64 Å². The third kappa shape index (κ3) is 3.22. The zero-order chi connectivity index (χ0) is 17.5. The first kappa shape index (κ1) is 16.4. The van der Waals surface area contributed by atoms with Crippen LogP contribution in [0.5, 0.6) is 5.75 Å². The molecule has 1 amide bonds. The van der Waals surface area contributed by atoms with Crippen molar-refractivity contribution < 1.29 is 14.3 Å². The molecule has 0 unspecified atom stereocenters. The summed E-state index contributed by atoms with van der Waals surface area (Å²) in [4.78, 5) is 19.9. The summed E-state index contributed by atoms with van der Waals surface area (Å²) in [6.45, 7) is 5.43. The first-order valence-electron chi connectivity index (χ1n) is 7.93. The highest BCUT2D eigenvalue weighted by Crippen LogP contribution is 2.33. The first-order chi connectivity index (χ1) is 11.2. The van der Waals surface area contributed by atoms with E-state index >= 15 is 0 Å². The molecule has 0 spiro atoms. The maximum Gasteiger partial charge on any atom is 0.414 e. The van der Waals surface area contributed by atoms with E-state index in [2.05, 4.69) is 29.8 Å². The van der Waals surface area contributed by atoms with E-state index in [0.29, 0.717) is 18.9 Å². The van der Waals surface area contributed by atoms with Crippen molar-refractivity contribution in [2.24, 2.45) is 4.99 Å². The highest BCUT2D eigenvalue weighted by atomic mass is 16.6. The second-order valence-electron chi connectivity index (χ2n) is 7.03. The highest BCUT2D eigenvalue weighted by Gasteiger charge is 2.30. The van der Waals surface area contributed by atoms with Gasteiger partial charge in [-0.15, -0.1) is 0 Å². The number of nitrogens with zero attached hydrogens (tertiary/aromatic N) is 3. The predicted molar refractivity (Wildman–Crippen MR) is 94.9 cm³/mol. The van der Waals surface area contributed by atoms with Crippen LogP contribution in [0.2, 0.25) is 0 Å². The van der Waals surface area contributed by atoms with E-state index < -0.39 is 0 Å². The molecule has 2 aliphatic heterocycles. The fourth-order valence-corrected chi connectivity index (χ4v) is 2.68. The van der Waals surface area contributed by atoms with E-state index in [4.69, 9.17) is 9.47 Å². The number of benzene rings is 1. The molecule has 0 aromatic heterocycles. The Morgan fingerprint density at radius 1 is 1.38 bits per heavy atom. The van der Waals surface area contributed by atoms with Crippen LogP contribution in [-0.2, 0) is 4.74 Å². The van der Waals surface area contributed by atoms with Crippen LogP contribution in [0.4, 0.5) is 10.5 Å². The number of rotatable bonds is 2. The van der Waals surface area contributed by atoms with Crippen LogP contribution in [-0.4, -0.2) is 56.7 Å². The van der Waals surface area contributed by atoms with Gasteiger partial charge in [-0.2, -0.15) is 0 Å². The van der Waals surface area contributed by atoms with Crippen LogP contribution in [0.15, 0.2) is 28.8 Å². The lowest BCUT2D eigenvalue weighted by Gasteiger charge is -2.27. The number of aliphatic imine (C=N–C) groups is 1. The summed E-state index contributed by atoms with van der Waals surface area (Å²) in [5.41, 5.74) is 2.97. The minimum absolute atomic E-state index is 0.167. The smallest absolute Gasteiger partial charge is 0.414 e. The monoisotopic (exact) mass is 329 g/mol. The van der Waals surface area contributed by atoms with Crippen molar-refractivity contribution in [3.8, 4) is 5.75 Å². The molecule has 128 valence electrons. The lowest BCUT2D eigenvalue weighted by atomic mass is 10.0. The Morgan fingerprint density at radius 3 is 2.75 bits per heavy atom. The molecule has 3 rings (SSSR count).